The molecule has 2 aromatic carbocycles. The molecule has 2 aromatic heterocycles. The summed E-state index contributed by atoms with van der Waals surface area (Å²) in [4.78, 5) is 4.43. The van der Waals surface area contributed by atoms with Gasteiger partial charge in [0.15, 0.2) is 5.58 Å². The van der Waals surface area contributed by atoms with Crippen molar-refractivity contribution < 1.29 is 4.42 Å². The summed E-state index contributed by atoms with van der Waals surface area (Å²) in [5, 5.41) is 1.07. The Labute approximate surface area is 116 Å². The number of fused-ring (bicyclic) bond motifs is 3. The van der Waals surface area contributed by atoms with Gasteiger partial charge in [-0.25, -0.2) is 0 Å². The van der Waals surface area contributed by atoms with E-state index in [0.29, 0.717) is 0 Å². The molecule has 2 nitrogen and oxygen atoms in total. The highest BCUT2D eigenvalue weighted by atomic mass is 16.3. The third-order valence-corrected chi connectivity index (χ3v) is 3.58. The topological polar surface area (TPSA) is 26.0 Å². The van der Waals surface area contributed by atoms with E-state index in [9.17, 15) is 0 Å². The minimum atomic E-state index is 0.837. The molecule has 0 atom stereocenters. The van der Waals surface area contributed by atoms with Crippen LogP contribution in [-0.2, 0) is 0 Å². The SMILES string of the molecule is Cc1cccc(-c2ccc3oc4cccnc4c3c2)c1. The van der Waals surface area contributed by atoms with E-state index < -0.39 is 0 Å². The van der Waals surface area contributed by atoms with E-state index in [1.807, 2.05) is 18.2 Å². The van der Waals surface area contributed by atoms with Crippen molar-refractivity contribution in [3.63, 3.8) is 0 Å². The van der Waals surface area contributed by atoms with Crippen LogP contribution in [0, 0.1) is 6.92 Å². The van der Waals surface area contributed by atoms with Gasteiger partial charge in [0.2, 0.25) is 0 Å². The zero-order chi connectivity index (χ0) is 13.5. The van der Waals surface area contributed by atoms with Gasteiger partial charge in [0.1, 0.15) is 11.1 Å². The van der Waals surface area contributed by atoms with Gasteiger partial charge in [0.05, 0.1) is 0 Å². The molecule has 4 rings (SSSR count). The molecule has 20 heavy (non-hydrogen) atoms. The molecule has 0 saturated carbocycles. The van der Waals surface area contributed by atoms with Crippen LogP contribution in [0.3, 0.4) is 0 Å². The summed E-state index contributed by atoms with van der Waals surface area (Å²) < 4.78 is 5.80. The quantitative estimate of drug-likeness (QED) is 0.483. The third-order valence-electron chi connectivity index (χ3n) is 3.58. The normalized spacial score (nSPS) is 11.2. The molecule has 4 aromatic rings. The number of rotatable bonds is 1. The lowest BCUT2D eigenvalue weighted by Crippen LogP contribution is -1.79. The predicted molar refractivity (Wildman–Crippen MR) is 81.7 cm³/mol. The van der Waals surface area contributed by atoms with Gasteiger partial charge in [0, 0.05) is 11.6 Å². The Hall–Kier alpha value is -2.61. The molecule has 0 aliphatic carbocycles. The second-order valence-corrected chi connectivity index (χ2v) is 5.03. The van der Waals surface area contributed by atoms with E-state index in [-0.39, 0.29) is 0 Å². The lowest BCUT2D eigenvalue weighted by molar-refractivity contribution is 0.668. The van der Waals surface area contributed by atoms with Crippen molar-refractivity contribution in [1.82, 2.24) is 4.98 Å². The number of pyridine rings is 1. The zero-order valence-corrected chi connectivity index (χ0v) is 11.1. The van der Waals surface area contributed by atoms with Gasteiger partial charge in [0.25, 0.3) is 0 Å². The molecule has 0 fully saturated rings. The Balaban J connectivity index is 2.00. The summed E-state index contributed by atoms with van der Waals surface area (Å²) in [6.45, 7) is 2.11. The Morgan fingerprint density at radius 1 is 0.850 bits per heavy atom. The lowest BCUT2D eigenvalue weighted by Gasteiger charge is -2.02. The van der Waals surface area contributed by atoms with Crippen LogP contribution in [0.1, 0.15) is 5.56 Å². The maximum Gasteiger partial charge on any atom is 0.153 e. The molecule has 2 heteroatoms. The molecule has 0 N–H and O–H groups in total. The summed E-state index contributed by atoms with van der Waals surface area (Å²) in [5.74, 6) is 0. The molecular weight excluding hydrogens is 246 g/mol. The summed E-state index contributed by atoms with van der Waals surface area (Å²) in [5.41, 5.74) is 6.32. The van der Waals surface area contributed by atoms with Gasteiger partial charge >= 0.3 is 0 Å². The Bertz CT molecular complexity index is 921. The summed E-state index contributed by atoms with van der Waals surface area (Å²) >= 11 is 0. The highest BCUT2D eigenvalue weighted by molar-refractivity contribution is 6.03. The minimum absolute atomic E-state index is 0.837. The van der Waals surface area contributed by atoms with Gasteiger partial charge in [-0.3, -0.25) is 4.98 Å². The Kier molecular flexibility index (Phi) is 2.36. The molecule has 0 radical (unpaired) electrons. The minimum Gasteiger partial charge on any atom is -0.454 e. The molecule has 0 aliphatic rings. The lowest BCUT2D eigenvalue weighted by atomic mass is 10.0. The predicted octanol–water partition coefficient (Wildman–Crippen LogP) is 4.96. The average molecular weight is 259 g/mol. The number of aromatic nitrogens is 1. The molecule has 96 valence electrons. The third kappa shape index (κ3) is 1.69. The fraction of sp³-hybridized carbons (Fsp3) is 0.0556. The van der Waals surface area contributed by atoms with Crippen molar-refractivity contribution in [2.45, 2.75) is 6.92 Å². The van der Waals surface area contributed by atoms with E-state index >= 15 is 0 Å². The Morgan fingerprint density at radius 3 is 2.65 bits per heavy atom. The van der Waals surface area contributed by atoms with Gasteiger partial charge in [-0.05, 0) is 42.3 Å². The molecule has 0 aliphatic heterocycles. The highest BCUT2D eigenvalue weighted by Gasteiger charge is 2.08. The maximum absolute atomic E-state index is 5.80. The van der Waals surface area contributed by atoms with Gasteiger partial charge in [-0.15, -0.1) is 0 Å². The van der Waals surface area contributed by atoms with Crippen molar-refractivity contribution in [3.05, 3.63) is 66.4 Å². The Morgan fingerprint density at radius 2 is 1.75 bits per heavy atom. The number of benzene rings is 2. The molecule has 0 unspecified atom stereocenters. The zero-order valence-electron chi connectivity index (χ0n) is 11.1. The van der Waals surface area contributed by atoms with Gasteiger partial charge < -0.3 is 4.42 Å². The van der Waals surface area contributed by atoms with E-state index in [0.717, 1.165) is 22.1 Å². The molecule has 2 heterocycles. The number of hydrogen-bond acceptors (Lipinski definition) is 2. The number of nitrogens with zero attached hydrogens (tertiary/aromatic N) is 1. The van der Waals surface area contributed by atoms with Crippen molar-refractivity contribution in [3.8, 4) is 11.1 Å². The standard InChI is InChI=1S/C18H13NO/c1-12-4-2-5-13(10-12)14-7-8-16-15(11-14)18-17(20-16)6-3-9-19-18/h2-11H,1H3. The van der Waals surface area contributed by atoms with E-state index in [2.05, 4.69) is 48.3 Å². The van der Waals surface area contributed by atoms with Crippen LogP contribution in [0.15, 0.2) is 65.2 Å². The molecule has 0 amide bonds. The first-order valence-electron chi connectivity index (χ1n) is 6.65. The van der Waals surface area contributed by atoms with Gasteiger partial charge in [-0.1, -0.05) is 35.9 Å². The monoisotopic (exact) mass is 259 g/mol. The first-order valence-corrected chi connectivity index (χ1v) is 6.65. The second-order valence-electron chi connectivity index (χ2n) is 5.03. The number of aryl methyl sites for hydroxylation is 1. The first-order chi connectivity index (χ1) is 9.81. The summed E-state index contributed by atoms with van der Waals surface area (Å²) in [6.07, 6.45) is 1.80. The average Bonchev–Trinajstić information content (AvgIpc) is 2.85. The van der Waals surface area contributed by atoms with Crippen LogP contribution in [0.2, 0.25) is 0 Å². The van der Waals surface area contributed by atoms with Crippen molar-refractivity contribution in [2.75, 3.05) is 0 Å². The molecule has 0 spiro atoms. The van der Waals surface area contributed by atoms with Crippen LogP contribution in [0.4, 0.5) is 0 Å². The van der Waals surface area contributed by atoms with E-state index in [1.165, 1.54) is 16.7 Å². The fourth-order valence-electron chi connectivity index (χ4n) is 2.60. The van der Waals surface area contributed by atoms with Crippen LogP contribution < -0.4 is 0 Å². The highest BCUT2D eigenvalue weighted by Crippen LogP contribution is 2.31. The maximum atomic E-state index is 5.80. The largest absolute Gasteiger partial charge is 0.454 e. The van der Waals surface area contributed by atoms with Crippen LogP contribution in [-0.4, -0.2) is 4.98 Å². The first kappa shape index (κ1) is 11.2. The van der Waals surface area contributed by atoms with Crippen LogP contribution in [0.25, 0.3) is 33.2 Å². The molecule has 0 saturated heterocycles. The summed E-state index contributed by atoms with van der Waals surface area (Å²) in [7, 11) is 0. The van der Waals surface area contributed by atoms with Crippen molar-refractivity contribution in [2.24, 2.45) is 0 Å². The molecule has 0 bridgehead atoms. The van der Waals surface area contributed by atoms with Crippen LogP contribution in [0.5, 0.6) is 0 Å². The van der Waals surface area contributed by atoms with E-state index in [4.69, 9.17) is 4.42 Å². The van der Waals surface area contributed by atoms with E-state index in [1.54, 1.807) is 6.20 Å². The molecular formula is C18H13NO. The van der Waals surface area contributed by atoms with Crippen molar-refractivity contribution >= 4 is 22.1 Å². The summed E-state index contributed by atoms with van der Waals surface area (Å²) in [6, 6.07) is 18.6. The number of furan rings is 1. The second kappa shape index (κ2) is 4.20. The van der Waals surface area contributed by atoms with Crippen molar-refractivity contribution in [1.29, 1.82) is 0 Å². The smallest absolute Gasteiger partial charge is 0.153 e. The number of hydrogen-bond donors (Lipinski definition) is 0. The van der Waals surface area contributed by atoms with Crippen LogP contribution >= 0.6 is 0 Å². The van der Waals surface area contributed by atoms with Gasteiger partial charge in [-0.2, -0.15) is 0 Å². The fourth-order valence-corrected chi connectivity index (χ4v) is 2.60.